The van der Waals surface area contributed by atoms with Gasteiger partial charge in [-0.1, -0.05) is 66.7 Å². The third-order valence-electron chi connectivity index (χ3n) is 7.16. The Morgan fingerprint density at radius 1 is 1.02 bits per heavy atom. The molecule has 41 heavy (non-hydrogen) atoms. The molecule has 3 N–H and O–H groups in total. The molecule has 0 aromatic heterocycles. The molecule has 9 heteroatoms. The molecule has 3 aromatic carbocycles. The number of ether oxygens (including phenoxy) is 3. The van der Waals surface area contributed by atoms with Crippen molar-refractivity contribution in [1.82, 2.24) is 10.2 Å². The van der Waals surface area contributed by atoms with Crippen LogP contribution in [0.1, 0.15) is 61.0 Å². The number of hydrogen-bond acceptors (Lipinski definition) is 7. The van der Waals surface area contributed by atoms with Crippen molar-refractivity contribution in [1.29, 1.82) is 0 Å². The number of aliphatic hydroxyl groups is 1. The minimum atomic E-state index is -0.666. The number of esters is 1. The van der Waals surface area contributed by atoms with Crippen molar-refractivity contribution >= 4 is 17.7 Å². The van der Waals surface area contributed by atoms with E-state index in [0.717, 1.165) is 16.7 Å². The number of nitrogens with zero attached hydrogens (tertiary/aromatic N) is 1. The number of hydrogen-bond donors (Lipinski definition) is 3. The lowest BCUT2D eigenvalue weighted by atomic mass is 9.99. The van der Waals surface area contributed by atoms with Crippen LogP contribution < -0.4 is 10.6 Å². The molecule has 1 aliphatic heterocycles. The molecule has 0 unspecified atom stereocenters. The number of carbonyl (C=O) groups is 2. The first-order chi connectivity index (χ1) is 19.9. The maximum absolute atomic E-state index is 12.3. The van der Waals surface area contributed by atoms with Gasteiger partial charge in [0, 0.05) is 30.3 Å². The van der Waals surface area contributed by atoms with Crippen LogP contribution in [0.3, 0.4) is 0 Å². The molecular weight excluding hydrogens is 522 g/mol. The molecule has 0 aliphatic carbocycles. The third-order valence-corrected chi connectivity index (χ3v) is 7.16. The number of carbonyl (C=O) groups excluding carboxylic acids is 2. The van der Waals surface area contributed by atoms with Gasteiger partial charge in [0.15, 0.2) is 6.29 Å². The van der Waals surface area contributed by atoms with Crippen LogP contribution in [0.2, 0.25) is 0 Å². The van der Waals surface area contributed by atoms with Crippen molar-refractivity contribution < 1.29 is 28.9 Å². The van der Waals surface area contributed by atoms with Crippen LogP contribution in [-0.2, 0) is 25.6 Å². The van der Waals surface area contributed by atoms with E-state index in [0.29, 0.717) is 18.7 Å². The van der Waals surface area contributed by atoms with Gasteiger partial charge in [0.25, 0.3) is 0 Å². The van der Waals surface area contributed by atoms with Crippen LogP contribution in [-0.4, -0.2) is 54.9 Å². The zero-order valence-corrected chi connectivity index (χ0v) is 23.8. The summed E-state index contributed by atoms with van der Waals surface area (Å²) in [5, 5.41) is 14.7. The zero-order valence-electron chi connectivity index (χ0n) is 23.8. The lowest BCUT2D eigenvalue weighted by Crippen LogP contribution is -2.38. The lowest BCUT2D eigenvalue weighted by molar-refractivity contribution is -0.253. The number of nitrogens with one attached hydrogen (secondary N) is 2. The van der Waals surface area contributed by atoms with Crippen LogP contribution in [0, 0.1) is 0 Å². The molecule has 2 amide bonds. The Kier molecular flexibility index (Phi) is 10.9. The summed E-state index contributed by atoms with van der Waals surface area (Å²) >= 11 is 0. The fourth-order valence-electron chi connectivity index (χ4n) is 4.80. The van der Waals surface area contributed by atoms with Crippen molar-refractivity contribution in [3.63, 3.8) is 0 Å². The summed E-state index contributed by atoms with van der Waals surface area (Å²) in [7, 11) is 2.09. The number of aliphatic hydroxyl groups excluding tert-OH is 1. The fraction of sp³-hybridized carbons (Fsp3) is 0.375. The van der Waals surface area contributed by atoms with Crippen LogP contribution >= 0.6 is 0 Å². The summed E-state index contributed by atoms with van der Waals surface area (Å²) in [6.07, 6.45) is -0.357. The van der Waals surface area contributed by atoms with E-state index < -0.39 is 18.3 Å². The predicted octanol–water partition coefficient (Wildman–Crippen LogP) is 5.10. The van der Waals surface area contributed by atoms with Crippen molar-refractivity contribution in [2.24, 2.45) is 0 Å². The Hall–Kier alpha value is -3.76. The molecule has 9 nitrogen and oxygen atoms in total. The van der Waals surface area contributed by atoms with E-state index in [9.17, 15) is 14.7 Å². The van der Waals surface area contributed by atoms with E-state index in [1.165, 1.54) is 5.56 Å². The van der Waals surface area contributed by atoms with Gasteiger partial charge >= 0.3 is 12.0 Å². The van der Waals surface area contributed by atoms with Crippen LogP contribution in [0.25, 0.3) is 0 Å². The first kappa shape index (κ1) is 30.2. The molecule has 0 bridgehead atoms. The summed E-state index contributed by atoms with van der Waals surface area (Å²) in [4.78, 5) is 26.2. The molecular formula is C32H39N3O6. The van der Waals surface area contributed by atoms with Gasteiger partial charge in [0.2, 0.25) is 0 Å². The highest BCUT2D eigenvalue weighted by atomic mass is 16.7. The summed E-state index contributed by atoms with van der Waals surface area (Å²) in [5.74, 6) is -0.504. The molecule has 0 spiro atoms. The molecule has 4 atom stereocenters. The molecule has 1 saturated heterocycles. The van der Waals surface area contributed by atoms with Gasteiger partial charge in [-0.05, 0) is 49.7 Å². The fourth-order valence-corrected chi connectivity index (χ4v) is 4.80. The van der Waals surface area contributed by atoms with Gasteiger partial charge in [0.05, 0.1) is 25.4 Å². The van der Waals surface area contributed by atoms with Gasteiger partial charge < -0.3 is 30.0 Å². The van der Waals surface area contributed by atoms with E-state index in [1.807, 2.05) is 54.6 Å². The normalized spacial score (nSPS) is 19.4. The molecule has 1 aliphatic rings. The van der Waals surface area contributed by atoms with Crippen molar-refractivity contribution in [2.45, 2.75) is 51.4 Å². The largest absolute Gasteiger partial charge is 0.465 e. The van der Waals surface area contributed by atoms with Crippen LogP contribution in [0.15, 0.2) is 78.9 Å². The standard InChI is InChI=1S/C32H39N3O6/c1-4-39-30(37)19-33-32(38)34-27-12-8-11-26(17-27)31-40-28(20-35(3)22(2)24-9-6-5-7-10-24)18-29(41-31)25-15-13-23(21-36)14-16-25/h5-17,22,28-29,31,36H,4,18-21H2,1-3H3,(H2,33,34,38)/t22-,28+,29-,31-/m0/s1. The average Bonchev–Trinajstić information content (AvgIpc) is 3.00. The summed E-state index contributed by atoms with van der Waals surface area (Å²) in [6.45, 7) is 4.59. The Labute approximate surface area is 241 Å². The first-order valence-electron chi connectivity index (χ1n) is 13.9. The second kappa shape index (κ2) is 14.7. The number of likely N-dealkylation sites (N-methyl/N-ethyl adjacent to an activating group) is 1. The minimum Gasteiger partial charge on any atom is -0.465 e. The maximum atomic E-state index is 12.3. The lowest BCUT2D eigenvalue weighted by Gasteiger charge is -2.39. The number of anilines is 1. The quantitative estimate of drug-likeness (QED) is 0.280. The average molecular weight is 562 g/mol. The predicted molar refractivity (Wildman–Crippen MR) is 156 cm³/mol. The first-order valence-corrected chi connectivity index (χ1v) is 13.9. The highest BCUT2D eigenvalue weighted by Gasteiger charge is 2.33. The third kappa shape index (κ3) is 8.61. The van der Waals surface area contributed by atoms with E-state index in [4.69, 9.17) is 14.2 Å². The topological polar surface area (TPSA) is 109 Å². The number of amides is 2. The number of urea groups is 1. The Bertz CT molecular complexity index is 1270. The summed E-state index contributed by atoms with van der Waals surface area (Å²) in [5.41, 5.74) is 4.37. The van der Waals surface area contributed by atoms with E-state index in [1.54, 1.807) is 19.1 Å². The van der Waals surface area contributed by atoms with Crippen molar-refractivity contribution in [2.75, 3.05) is 32.1 Å². The number of benzene rings is 3. The monoisotopic (exact) mass is 561 g/mol. The van der Waals surface area contributed by atoms with Gasteiger partial charge in [-0.15, -0.1) is 0 Å². The van der Waals surface area contributed by atoms with Gasteiger partial charge in [-0.25, -0.2) is 4.79 Å². The molecule has 4 rings (SSSR count). The molecule has 3 aromatic rings. The Morgan fingerprint density at radius 2 is 1.78 bits per heavy atom. The Morgan fingerprint density at radius 3 is 2.49 bits per heavy atom. The van der Waals surface area contributed by atoms with Gasteiger partial charge in [-0.3, -0.25) is 9.69 Å². The van der Waals surface area contributed by atoms with E-state index in [2.05, 4.69) is 41.6 Å². The zero-order chi connectivity index (χ0) is 29.2. The summed E-state index contributed by atoms with van der Waals surface area (Å²) in [6, 6.07) is 25.1. The highest BCUT2D eigenvalue weighted by molar-refractivity contribution is 5.91. The van der Waals surface area contributed by atoms with Crippen LogP contribution in [0.5, 0.6) is 0 Å². The van der Waals surface area contributed by atoms with Gasteiger partial charge in [0.1, 0.15) is 6.54 Å². The van der Waals surface area contributed by atoms with Gasteiger partial charge in [-0.2, -0.15) is 0 Å². The SMILES string of the molecule is CCOC(=O)CNC(=O)Nc1cccc([C@H]2O[C@@H](CN(C)[C@@H](C)c3ccccc3)C[C@@H](c3ccc(CO)cc3)O2)c1. The molecule has 1 fully saturated rings. The number of rotatable bonds is 11. The van der Waals surface area contributed by atoms with Crippen molar-refractivity contribution in [3.05, 3.63) is 101 Å². The Balaban J connectivity index is 1.49. The minimum absolute atomic E-state index is 0.0184. The molecule has 0 radical (unpaired) electrons. The van der Waals surface area contributed by atoms with Crippen LogP contribution in [0.4, 0.5) is 10.5 Å². The second-order valence-electron chi connectivity index (χ2n) is 10.1. The molecule has 0 saturated carbocycles. The molecule has 1 heterocycles. The second-order valence-corrected chi connectivity index (χ2v) is 10.1. The van der Waals surface area contributed by atoms with Crippen molar-refractivity contribution in [3.8, 4) is 0 Å². The van der Waals surface area contributed by atoms with E-state index >= 15 is 0 Å². The van der Waals surface area contributed by atoms with E-state index in [-0.39, 0.29) is 38.0 Å². The molecule has 218 valence electrons. The summed E-state index contributed by atoms with van der Waals surface area (Å²) < 4.78 is 17.8. The highest BCUT2D eigenvalue weighted by Crippen LogP contribution is 2.39. The maximum Gasteiger partial charge on any atom is 0.325 e. The smallest absolute Gasteiger partial charge is 0.325 e.